The number of hydrogen-bond donors (Lipinski definition) is 2. The summed E-state index contributed by atoms with van der Waals surface area (Å²) in [6, 6.07) is 3.51. The highest BCUT2D eigenvalue weighted by atomic mass is 32.1. The molecule has 0 saturated heterocycles. The Morgan fingerprint density at radius 2 is 2.12 bits per heavy atom. The number of nitrogens with one attached hydrogen (secondary N) is 2. The summed E-state index contributed by atoms with van der Waals surface area (Å²) in [5.74, 6) is 0.767. The number of nitrogens with zero attached hydrogens (tertiary/aromatic N) is 2. The van der Waals surface area contributed by atoms with Crippen LogP contribution in [-0.2, 0) is 15.1 Å². The second-order valence-electron chi connectivity index (χ2n) is 6.80. The third-order valence-electron chi connectivity index (χ3n) is 4.70. The number of aryl methyl sites for hydroxylation is 1. The van der Waals surface area contributed by atoms with Crippen molar-refractivity contribution >= 4 is 23.2 Å². The molecule has 1 atom stereocenters. The van der Waals surface area contributed by atoms with E-state index in [9.17, 15) is 9.59 Å². The summed E-state index contributed by atoms with van der Waals surface area (Å²) in [4.78, 5) is 29.7. The van der Waals surface area contributed by atoms with Gasteiger partial charge >= 0.3 is 0 Å². The molecule has 2 N–H and O–H groups in total. The molecule has 0 radical (unpaired) electrons. The van der Waals surface area contributed by atoms with Gasteiger partial charge in [-0.1, -0.05) is 30.5 Å². The number of hydrogen-bond acceptors (Lipinski definition) is 6. The van der Waals surface area contributed by atoms with Gasteiger partial charge in [-0.05, 0) is 24.3 Å². The van der Waals surface area contributed by atoms with Crippen LogP contribution in [-0.4, -0.2) is 22.0 Å². The van der Waals surface area contributed by atoms with Crippen molar-refractivity contribution in [3.8, 4) is 0 Å². The number of amides is 2. The Morgan fingerprint density at radius 1 is 1.35 bits per heavy atom. The molecule has 1 fully saturated rings. The van der Waals surface area contributed by atoms with E-state index in [1.165, 1.54) is 18.3 Å². The summed E-state index contributed by atoms with van der Waals surface area (Å²) in [7, 11) is 0. The molecule has 2 amide bonds. The standard InChI is InChI=1S/C18H24N4O3S/c1-12(23)19-14(15-7-6-10-26-15)11-16(24)21-18(8-4-3-5-9-18)17-20-13(2)25-22-17/h6-7,10,14H,3-5,8-9,11H2,1-2H3,(H,19,23)(H,21,24)/t14-/m1/s1. The molecule has 140 valence electrons. The highest BCUT2D eigenvalue weighted by molar-refractivity contribution is 7.10. The van der Waals surface area contributed by atoms with E-state index < -0.39 is 5.54 Å². The fraction of sp³-hybridized carbons (Fsp3) is 0.556. The van der Waals surface area contributed by atoms with E-state index in [-0.39, 0.29) is 24.3 Å². The SMILES string of the molecule is CC(=O)N[C@H](CC(=O)NC1(c2noc(C)n2)CCCCC1)c1cccs1. The quantitative estimate of drug-likeness (QED) is 0.808. The Morgan fingerprint density at radius 3 is 2.69 bits per heavy atom. The van der Waals surface area contributed by atoms with Crippen LogP contribution in [0.2, 0.25) is 0 Å². The third kappa shape index (κ3) is 4.30. The maximum Gasteiger partial charge on any atom is 0.223 e. The molecule has 8 heteroatoms. The first kappa shape index (κ1) is 18.6. The normalized spacial score (nSPS) is 17.5. The van der Waals surface area contributed by atoms with E-state index in [0.29, 0.717) is 11.7 Å². The summed E-state index contributed by atoms with van der Waals surface area (Å²) < 4.78 is 5.15. The monoisotopic (exact) mass is 376 g/mol. The third-order valence-corrected chi connectivity index (χ3v) is 5.68. The van der Waals surface area contributed by atoms with E-state index in [0.717, 1.165) is 37.0 Å². The zero-order valence-electron chi connectivity index (χ0n) is 15.1. The molecular weight excluding hydrogens is 352 g/mol. The lowest BCUT2D eigenvalue weighted by Gasteiger charge is -2.35. The molecule has 7 nitrogen and oxygen atoms in total. The summed E-state index contributed by atoms with van der Waals surface area (Å²) in [6.45, 7) is 3.21. The van der Waals surface area contributed by atoms with Crippen LogP contribution < -0.4 is 10.6 Å². The molecule has 1 saturated carbocycles. The van der Waals surface area contributed by atoms with Crippen molar-refractivity contribution in [1.82, 2.24) is 20.8 Å². The van der Waals surface area contributed by atoms with Crippen LogP contribution in [0, 0.1) is 6.92 Å². The Labute approximate surface area is 156 Å². The van der Waals surface area contributed by atoms with Crippen molar-refractivity contribution in [2.75, 3.05) is 0 Å². The maximum atomic E-state index is 12.8. The van der Waals surface area contributed by atoms with Gasteiger partial charge in [0.05, 0.1) is 12.5 Å². The topological polar surface area (TPSA) is 97.1 Å². The lowest BCUT2D eigenvalue weighted by Crippen LogP contribution is -2.48. The van der Waals surface area contributed by atoms with Crippen LogP contribution >= 0.6 is 11.3 Å². The second kappa shape index (κ2) is 7.99. The first-order valence-corrected chi connectivity index (χ1v) is 9.79. The summed E-state index contributed by atoms with van der Waals surface area (Å²) >= 11 is 1.53. The van der Waals surface area contributed by atoms with Crippen LogP contribution in [0.3, 0.4) is 0 Å². The van der Waals surface area contributed by atoms with Gasteiger partial charge in [-0.15, -0.1) is 11.3 Å². The zero-order valence-corrected chi connectivity index (χ0v) is 15.9. The smallest absolute Gasteiger partial charge is 0.223 e. The van der Waals surface area contributed by atoms with E-state index in [1.807, 2.05) is 17.5 Å². The molecule has 1 aliphatic rings. The predicted molar refractivity (Wildman–Crippen MR) is 97.4 cm³/mol. The fourth-order valence-corrected chi connectivity index (χ4v) is 4.29. The van der Waals surface area contributed by atoms with Crippen molar-refractivity contribution in [3.05, 3.63) is 34.1 Å². The Hall–Kier alpha value is -2.22. The van der Waals surface area contributed by atoms with E-state index in [1.54, 1.807) is 6.92 Å². The van der Waals surface area contributed by atoms with Crippen molar-refractivity contribution in [1.29, 1.82) is 0 Å². The molecule has 0 spiro atoms. The van der Waals surface area contributed by atoms with E-state index >= 15 is 0 Å². The number of aromatic nitrogens is 2. The van der Waals surface area contributed by atoms with Gasteiger partial charge in [-0.3, -0.25) is 9.59 Å². The van der Waals surface area contributed by atoms with E-state index in [2.05, 4.69) is 20.8 Å². The molecule has 2 heterocycles. The fourth-order valence-electron chi connectivity index (χ4n) is 3.51. The zero-order chi connectivity index (χ0) is 18.6. The van der Waals surface area contributed by atoms with Gasteiger partial charge < -0.3 is 15.2 Å². The number of rotatable bonds is 6. The van der Waals surface area contributed by atoms with Crippen molar-refractivity contribution in [2.24, 2.45) is 0 Å². The van der Waals surface area contributed by atoms with Gasteiger partial charge in [0.1, 0.15) is 5.54 Å². The molecule has 2 aromatic heterocycles. The lowest BCUT2D eigenvalue weighted by molar-refractivity contribution is -0.125. The molecular formula is C18H24N4O3S. The van der Waals surface area contributed by atoms with Gasteiger partial charge in [0, 0.05) is 18.7 Å². The van der Waals surface area contributed by atoms with Gasteiger partial charge in [-0.25, -0.2) is 0 Å². The van der Waals surface area contributed by atoms with Gasteiger partial charge in [-0.2, -0.15) is 4.98 Å². The van der Waals surface area contributed by atoms with Crippen molar-refractivity contribution < 1.29 is 14.1 Å². The molecule has 1 aliphatic carbocycles. The molecule has 26 heavy (non-hydrogen) atoms. The van der Waals surface area contributed by atoms with Gasteiger partial charge in [0.15, 0.2) is 5.82 Å². The Kier molecular flexibility index (Phi) is 5.70. The lowest BCUT2D eigenvalue weighted by atomic mass is 9.80. The molecule has 0 aromatic carbocycles. The second-order valence-corrected chi connectivity index (χ2v) is 7.78. The molecule has 3 rings (SSSR count). The van der Waals surface area contributed by atoms with Crippen LogP contribution in [0.4, 0.5) is 0 Å². The summed E-state index contributed by atoms with van der Waals surface area (Å²) in [6.07, 6.45) is 4.92. The van der Waals surface area contributed by atoms with Crippen LogP contribution in [0.5, 0.6) is 0 Å². The average Bonchev–Trinajstić information content (AvgIpc) is 3.26. The van der Waals surface area contributed by atoms with Crippen LogP contribution in [0.1, 0.15) is 68.1 Å². The molecule has 2 aromatic rings. The Balaban J connectivity index is 1.75. The molecule has 0 unspecified atom stereocenters. The van der Waals surface area contributed by atoms with Gasteiger partial charge in [0.25, 0.3) is 0 Å². The summed E-state index contributed by atoms with van der Waals surface area (Å²) in [5.41, 5.74) is -0.580. The van der Waals surface area contributed by atoms with Crippen molar-refractivity contribution in [3.63, 3.8) is 0 Å². The van der Waals surface area contributed by atoms with Crippen molar-refractivity contribution in [2.45, 2.75) is 64.0 Å². The van der Waals surface area contributed by atoms with Gasteiger partial charge in [0.2, 0.25) is 17.7 Å². The highest BCUT2D eigenvalue weighted by Gasteiger charge is 2.40. The Bertz CT molecular complexity index is 750. The van der Waals surface area contributed by atoms with Crippen LogP contribution in [0.15, 0.2) is 22.0 Å². The average molecular weight is 376 g/mol. The first-order chi connectivity index (χ1) is 12.5. The minimum absolute atomic E-state index is 0.124. The molecule has 0 aliphatic heterocycles. The largest absolute Gasteiger partial charge is 0.348 e. The minimum Gasteiger partial charge on any atom is -0.348 e. The minimum atomic E-state index is -0.580. The molecule has 0 bridgehead atoms. The van der Waals surface area contributed by atoms with Crippen LogP contribution in [0.25, 0.3) is 0 Å². The maximum absolute atomic E-state index is 12.8. The first-order valence-electron chi connectivity index (χ1n) is 8.91. The predicted octanol–water partition coefficient (Wildman–Crippen LogP) is 2.98. The summed E-state index contributed by atoms with van der Waals surface area (Å²) in [5, 5.41) is 12.0. The number of carbonyl (C=O) groups excluding carboxylic acids is 2. The number of carbonyl (C=O) groups is 2. The highest BCUT2D eigenvalue weighted by Crippen LogP contribution is 2.36. The number of thiophene rings is 1. The van der Waals surface area contributed by atoms with E-state index in [4.69, 9.17) is 4.52 Å².